The normalized spacial score (nSPS) is 21.8. The van der Waals surface area contributed by atoms with Crippen LogP contribution in [0.2, 0.25) is 0 Å². The molecule has 19 heavy (non-hydrogen) atoms. The van der Waals surface area contributed by atoms with Gasteiger partial charge in [-0.2, -0.15) is 0 Å². The summed E-state index contributed by atoms with van der Waals surface area (Å²) < 4.78 is 0. The van der Waals surface area contributed by atoms with Gasteiger partial charge in [0.2, 0.25) is 0 Å². The molecule has 0 heterocycles. The van der Waals surface area contributed by atoms with Crippen molar-refractivity contribution in [1.29, 1.82) is 0 Å². The zero-order valence-corrected chi connectivity index (χ0v) is 13.4. The van der Waals surface area contributed by atoms with E-state index in [0.717, 1.165) is 6.42 Å². The molecule has 2 N–H and O–H groups in total. The standard InChI is InChI=1S/C18H29N/c1-7-13-10-15-16(11-14(13)12(2)19)18(5,6)9-8-17(15,3)4/h10-12H,7-9,19H2,1-6H3/t12-/m0/s1. The lowest BCUT2D eigenvalue weighted by Crippen LogP contribution is -2.34. The average molecular weight is 259 g/mol. The van der Waals surface area contributed by atoms with Gasteiger partial charge in [-0.05, 0) is 59.3 Å². The average Bonchev–Trinajstić information content (AvgIpc) is 2.33. The monoisotopic (exact) mass is 259 g/mol. The first-order valence-electron chi connectivity index (χ1n) is 7.62. The smallest absolute Gasteiger partial charge is 0.0268 e. The predicted molar refractivity (Wildman–Crippen MR) is 83.7 cm³/mol. The van der Waals surface area contributed by atoms with Crippen LogP contribution in [0.4, 0.5) is 0 Å². The van der Waals surface area contributed by atoms with Gasteiger partial charge in [0.05, 0.1) is 0 Å². The van der Waals surface area contributed by atoms with E-state index in [9.17, 15) is 0 Å². The molecule has 106 valence electrons. The number of rotatable bonds is 2. The summed E-state index contributed by atoms with van der Waals surface area (Å²) in [5, 5.41) is 0. The zero-order valence-electron chi connectivity index (χ0n) is 13.4. The molecule has 0 unspecified atom stereocenters. The second-order valence-corrected chi connectivity index (χ2v) is 7.51. The Kier molecular flexibility index (Phi) is 3.55. The molecular formula is C18H29N. The number of benzene rings is 1. The second kappa shape index (κ2) is 4.63. The molecule has 1 aliphatic rings. The van der Waals surface area contributed by atoms with Gasteiger partial charge < -0.3 is 5.73 Å². The highest BCUT2D eigenvalue weighted by Crippen LogP contribution is 2.47. The summed E-state index contributed by atoms with van der Waals surface area (Å²) in [6, 6.07) is 4.97. The minimum absolute atomic E-state index is 0.126. The second-order valence-electron chi connectivity index (χ2n) is 7.51. The molecule has 0 spiro atoms. The SMILES string of the molecule is CCc1cc2c(cc1[C@H](C)N)C(C)(C)CCC2(C)C. The lowest BCUT2D eigenvalue weighted by molar-refractivity contribution is 0.331. The summed E-state index contributed by atoms with van der Waals surface area (Å²) >= 11 is 0. The summed E-state index contributed by atoms with van der Waals surface area (Å²) in [7, 11) is 0. The van der Waals surface area contributed by atoms with Gasteiger partial charge in [0.25, 0.3) is 0 Å². The Labute approximate surface area is 118 Å². The maximum Gasteiger partial charge on any atom is 0.0268 e. The van der Waals surface area contributed by atoms with Crippen molar-refractivity contribution in [1.82, 2.24) is 0 Å². The molecule has 1 heteroatoms. The maximum atomic E-state index is 6.18. The molecular weight excluding hydrogens is 230 g/mol. The van der Waals surface area contributed by atoms with E-state index in [1.165, 1.54) is 29.5 Å². The van der Waals surface area contributed by atoms with Crippen LogP contribution in [-0.4, -0.2) is 0 Å². The fourth-order valence-electron chi connectivity index (χ4n) is 3.41. The Morgan fingerprint density at radius 3 is 1.95 bits per heavy atom. The van der Waals surface area contributed by atoms with Gasteiger partial charge in [-0.15, -0.1) is 0 Å². The topological polar surface area (TPSA) is 26.0 Å². The van der Waals surface area contributed by atoms with Gasteiger partial charge in [0.1, 0.15) is 0 Å². The lowest BCUT2D eigenvalue weighted by atomic mass is 9.62. The van der Waals surface area contributed by atoms with Gasteiger partial charge in [-0.3, -0.25) is 0 Å². The number of hydrogen-bond acceptors (Lipinski definition) is 1. The summed E-state index contributed by atoms with van der Waals surface area (Å²) in [6.07, 6.45) is 3.60. The van der Waals surface area contributed by atoms with Crippen LogP contribution in [0.15, 0.2) is 12.1 Å². The van der Waals surface area contributed by atoms with Crippen LogP contribution in [0.25, 0.3) is 0 Å². The van der Waals surface area contributed by atoms with E-state index in [4.69, 9.17) is 5.73 Å². The highest BCUT2D eigenvalue weighted by molar-refractivity contribution is 5.48. The molecule has 1 aliphatic carbocycles. The Morgan fingerprint density at radius 1 is 1.05 bits per heavy atom. The first kappa shape index (κ1) is 14.6. The minimum atomic E-state index is 0.126. The van der Waals surface area contributed by atoms with E-state index in [0.29, 0.717) is 5.41 Å². The number of fused-ring (bicyclic) bond motifs is 1. The third-order valence-electron chi connectivity index (χ3n) is 4.98. The van der Waals surface area contributed by atoms with Crippen LogP contribution < -0.4 is 5.73 Å². The van der Waals surface area contributed by atoms with Gasteiger partial charge in [0.15, 0.2) is 0 Å². The fraction of sp³-hybridized carbons (Fsp3) is 0.667. The van der Waals surface area contributed by atoms with Crippen molar-refractivity contribution in [3.8, 4) is 0 Å². The molecule has 1 aromatic rings. The van der Waals surface area contributed by atoms with Gasteiger partial charge in [-0.25, -0.2) is 0 Å². The molecule has 0 saturated heterocycles. The molecule has 0 bridgehead atoms. The molecule has 1 nitrogen and oxygen atoms in total. The van der Waals surface area contributed by atoms with Crippen molar-refractivity contribution in [2.24, 2.45) is 5.73 Å². The largest absolute Gasteiger partial charge is 0.324 e. The van der Waals surface area contributed by atoms with Crippen molar-refractivity contribution in [2.75, 3.05) is 0 Å². The Morgan fingerprint density at radius 2 is 1.53 bits per heavy atom. The van der Waals surface area contributed by atoms with E-state index >= 15 is 0 Å². The summed E-state index contributed by atoms with van der Waals surface area (Å²) in [6.45, 7) is 13.8. The van der Waals surface area contributed by atoms with Crippen LogP contribution in [0.1, 0.15) is 82.7 Å². The fourth-order valence-corrected chi connectivity index (χ4v) is 3.41. The summed E-state index contributed by atoms with van der Waals surface area (Å²) in [4.78, 5) is 0. The Bertz CT molecular complexity index is 481. The molecule has 1 atom stereocenters. The van der Waals surface area contributed by atoms with E-state index in [1.807, 2.05) is 0 Å². The quantitative estimate of drug-likeness (QED) is 0.824. The highest BCUT2D eigenvalue weighted by atomic mass is 14.6. The van der Waals surface area contributed by atoms with Crippen molar-refractivity contribution in [2.45, 2.75) is 77.7 Å². The number of aryl methyl sites for hydroxylation is 1. The lowest BCUT2D eigenvalue weighted by Gasteiger charge is -2.42. The van der Waals surface area contributed by atoms with Gasteiger partial charge in [0, 0.05) is 6.04 Å². The third-order valence-corrected chi connectivity index (χ3v) is 4.98. The van der Waals surface area contributed by atoms with Crippen LogP contribution >= 0.6 is 0 Å². The maximum absolute atomic E-state index is 6.18. The molecule has 0 fully saturated rings. The van der Waals surface area contributed by atoms with Crippen LogP contribution in [0.5, 0.6) is 0 Å². The van der Waals surface area contributed by atoms with Crippen LogP contribution in [-0.2, 0) is 17.3 Å². The van der Waals surface area contributed by atoms with E-state index in [2.05, 4.69) is 53.7 Å². The van der Waals surface area contributed by atoms with Gasteiger partial charge >= 0.3 is 0 Å². The molecule has 0 saturated carbocycles. The van der Waals surface area contributed by atoms with Crippen molar-refractivity contribution < 1.29 is 0 Å². The number of hydrogen-bond donors (Lipinski definition) is 1. The Balaban J connectivity index is 2.70. The molecule has 1 aromatic carbocycles. The van der Waals surface area contributed by atoms with Crippen LogP contribution in [0.3, 0.4) is 0 Å². The van der Waals surface area contributed by atoms with Crippen LogP contribution in [0, 0.1) is 0 Å². The molecule has 0 amide bonds. The zero-order chi connectivity index (χ0) is 14.4. The predicted octanol–water partition coefficient (Wildman–Crippen LogP) is 4.62. The molecule has 0 aromatic heterocycles. The van der Waals surface area contributed by atoms with Crippen molar-refractivity contribution in [3.05, 3.63) is 34.4 Å². The third kappa shape index (κ3) is 2.45. The Hall–Kier alpha value is -0.820. The van der Waals surface area contributed by atoms with E-state index < -0.39 is 0 Å². The first-order chi connectivity index (χ1) is 8.69. The van der Waals surface area contributed by atoms with Crippen molar-refractivity contribution >= 4 is 0 Å². The van der Waals surface area contributed by atoms with E-state index in [-0.39, 0.29) is 11.5 Å². The van der Waals surface area contributed by atoms with Crippen molar-refractivity contribution in [3.63, 3.8) is 0 Å². The minimum Gasteiger partial charge on any atom is -0.324 e. The molecule has 0 radical (unpaired) electrons. The van der Waals surface area contributed by atoms with E-state index in [1.54, 1.807) is 5.56 Å². The first-order valence-corrected chi connectivity index (χ1v) is 7.62. The molecule has 0 aliphatic heterocycles. The summed E-state index contributed by atoms with van der Waals surface area (Å²) in [5.74, 6) is 0. The highest BCUT2D eigenvalue weighted by Gasteiger charge is 2.37. The van der Waals surface area contributed by atoms with Gasteiger partial charge in [-0.1, -0.05) is 46.8 Å². The number of nitrogens with two attached hydrogens (primary N) is 1. The summed E-state index contributed by atoms with van der Waals surface area (Å²) in [5.41, 5.74) is 12.6. The molecule has 2 rings (SSSR count).